The molecule has 1 aliphatic heterocycles. The maximum Gasteiger partial charge on any atom is 0.259 e. The summed E-state index contributed by atoms with van der Waals surface area (Å²) in [5.74, 6) is 0.325. The lowest BCUT2D eigenvalue weighted by molar-refractivity contribution is -0.126. The van der Waals surface area contributed by atoms with E-state index in [0.29, 0.717) is 30.0 Å². The van der Waals surface area contributed by atoms with Crippen LogP contribution in [-0.2, 0) is 17.8 Å². The third-order valence-electron chi connectivity index (χ3n) is 5.87. The summed E-state index contributed by atoms with van der Waals surface area (Å²) >= 11 is 0. The number of anilines is 1. The standard InChI is InChI=1S/C26H26N2O3/c1-18-8-10-19(11-9-18)17-27-25(30)26(2)16-20-6-4-5-7-23(20)24(29)28(26)21-12-14-22(31-3)15-13-21/h4-15H,16-17H2,1-3H3,(H,27,30)/t26-/m0/s1. The van der Waals surface area contributed by atoms with Crippen molar-refractivity contribution in [3.63, 3.8) is 0 Å². The van der Waals surface area contributed by atoms with Gasteiger partial charge in [0.15, 0.2) is 0 Å². The van der Waals surface area contributed by atoms with Crippen LogP contribution < -0.4 is 15.0 Å². The number of amides is 2. The molecule has 0 unspecified atom stereocenters. The molecule has 3 aromatic rings. The van der Waals surface area contributed by atoms with E-state index in [-0.39, 0.29) is 11.8 Å². The quantitative estimate of drug-likeness (QED) is 0.678. The molecule has 2 amide bonds. The second kappa shape index (κ2) is 8.26. The van der Waals surface area contributed by atoms with E-state index in [9.17, 15) is 9.59 Å². The molecule has 0 bridgehead atoms. The van der Waals surface area contributed by atoms with Crippen LogP contribution >= 0.6 is 0 Å². The van der Waals surface area contributed by atoms with E-state index in [2.05, 4.69) is 5.32 Å². The number of ether oxygens (including phenoxy) is 1. The minimum Gasteiger partial charge on any atom is -0.497 e. The van der Waals surface area contributed by atoms with Crippen molar-refractivity contribution in [1.29, 1.82) is 0 Å². The highest BCUT2D eigenvalue weighted by Crippen LogP contribution is 2.36. The lowest BCUT2D eigenvalue weighted by Crippen LogP contribution is -2.63. The monoisotopic (exact) mass is 414 g/mol. The summed E-state index contributed by atoms with van der Waals surface area (Å²) in [5, 5.41) is 3.04. The summed E-state index contributed by atoms with van der Waals surface area (Å²) in [6.07, 6.45) is 0.431. The second-order valence-corrected chi connectivity index (χ2v) is 8.11. The summed E-state index contributed by atoms with van der Waals surface area (Å²) in [7, 11) is 1.60. The maximum absolute atomic E-state index is 13.5. The zero-order chi connectivity index (χ0) is 22.0. The Balaban J connectivity index is 1.69. The zero-order valence-electron chi connectivity index (χ0n) is 18.0. The Hall–Kier alpha value is -3.60. The fourth-order valence-electron chi connectivity index (χ4n) is 4.07. The van der Waals surface area contributed by atoms with Gasteiger partial charge in [0, 0.05) is 24.2 Å². The van der Waals surface area contributed by atoms with Crippen LogP contribution in [0, 0.1) is 6.92 Å². The molecule has 0 aliphatic carbocycles. The van der Waals surface area contributed by atoms with E-state index in [1.807, 2.05) is 74.5 Å². The minimum atomic E-state index is -1.06. The highest BCUT2D eigenvalue weighted by Gasteiger charge is 2.47. The maximum atomic E-state index is 13.5. The molecule has 158 valence electrons. The van der Waals surface area contributed by atoms with E-state index < -0.39 is 5.54 Å². The van der Waals surface area contributed by atoms with Gasteiger partial charge in [0.1, 0.15) is 11.3 Å². The smallest absolute Gasteiger partial charge is 0.259 e. The molecule has 5 heteroatoms. The first kappa shape index (κ1) is 20.7. The molecule has 5 nitrogen and oxygen atoms in total. The van der Waals surface area contributed by atoms with Crippen molar-refractivity contribution in [2.24, 2.45) is 0 Å². The average molecular weight is 415 g/mol. The van der Waals surface area contributed by atoms with Crippen LogP contribution in [0.15, 0.2) is 72.8 Å². The van der Waals surface area contributed by atoms with Gasteiger partial charge < -0.3 is 10.1 Å². The molecule has 3 aromatic carbocycles. The molecule has 1 heterocycles. The fraction of sp³-hybridized carbons (Fsp3) is 0.231. The number of hydrogen-bond acceptors (Lipinski definition) is 3. The minimum absolute atomic E-state index is 0.181. The first-order valence-electron chi connectivity index (χ1n) is 10.3. The van der Waals surface area contributed by atoms with Crippen molar-refractivity contribution >= 4 is 17.5 Å². The van der Waals surface area contributed by atoms with Crippen molar-refractivity contribution in [3.05, 3.63) is 95.1 Å². The molecule has 0 saturated heterocycles. The lowest BCUT2D eigenvalue weighted by atomic mass is 9.82. The molecule has 0 saturated carbocycles. The fourth-order valence-corrected chi connectivity index (χ4v) is 4.07. The van der Waals surface area contributed by atoms with Crippen LogP contribution in [0.3, 0.4) is 0 Å². The van der Waals surface area contributed by atoms with Gasteiger partial charge in [0.05, 0.1) is 7.11 Å². The second-order valence-electron chi connectivity index (χ2n) is 8.11. The highest BCUT2D eigenvalue weighted by atomic mass is 16.5. The molecule has 1 atom stereocenters. The van der Waals surface area contributed by atoms with Gasteiger partial charge >= 0.3 is 0 Å². The molecule has 4 rings (SSSR count). The van der Waals surface area contributed by atoms with Gasteiger partial charge in [-0.25, -0.2) is 0 Å². The van der Waals surface area contributed by atoms with Crippen LogP contribution in [-0.4, -0.2) is 24.5 Å². The number of carbonyl (C=O) groups excluding carboxylic acids is 2. The number of rotatable bonds is 5. The van der Waals surface area contributed by atoms with Crippen molar-refractivity contribution in [1.82, 2.24) is 5.32 Å². The van der Waals surface area contributed by atoms with Gasteiger partial charge in [-0.3, -0.25) is 14.5 Å². The van der Waals surface area contributed by atoms with Crippen LogP contribution in [0.2, 0.25) is 0 Å². The van der Waals surface area contributed by atoms with Crippen LogP contribution in [0.4, 0.5) is 5.69 Å². The SMILES string of the molecule is COc1ccc(N2C(=O)c3ccccc3C[C@@]2(C)C(=O)NCc2ccc(C)cc2)cc1. The number of nitrogens with zero attached hydrogens (tertiary/aromatic N) is 1. The molecule has 0 aromatic heterocycles. The summed E-state index contributed by atoms with van der Waals surface area (Å²) in [6, 6.07) is 22.8. The number of fused-ring (bicyclic) bond motifs is 1. The number of carbonyl (C=O) groups is 2. The molecular formula is C26H26N2O3. The van der Waals surface area contributed by atoms with Crippen LogP contribution in [0.1, 0.15) is 34.0 Å². The Kier molecular flexibility index (Phi) is 5.51. The first-order valence-corrected chi connectivity index (χ1v) is 10.3. The average Bonchev–Trinajstić information content (AvgIpc) is 2.79. The molecule has 0 spiro atoms. The summed E-state index contributed by atoms with van der Waals surface area (Å²) in [5.41, 5.74) is 3.29. The molecule has 1 N–H and O–H groups in total. The van der Waals surface area contributed by atoms with E-state index in [1.54, 1.807) is 24.1 Å². The topological polar surface area (TPSA) is 58.6 Å². The lowest BCUT2D eigenvalue weighted by Gasteiger charge is -2.44. The molecule has 0 fully saturated rings. The van der Waals surface area contributed by atoms with Gasteiger partial charge in [-0.15, -0.1) is 0 Å². The molecule has 1 aliphatic rings. The highest BCUT2D eigenvalue weighted by molar-refractivity contribution is 6.14. The number of hydrogen-bond donors (Lipinski definition) is 1. The Morgan fingerprint density at radius 2 is 1.71 bits per heavy atom. The normalized spacial score (nSPS) is 17.8. The van der Waals surface area contributed by atoms with E-state index in [4.69, 9.17) is 4.74 Å². The predicted octanol–water partition coefficient (Wildman–Crippen LogP) is 4.28. The van der Waals surface area contributed by atoms with Crippen LogP contribution in [0.25, 0.3) is 0 Å². The van der Waals surface area contributed by atoms with Gasteiger partial charge in [-0.1, -0.05) is 48.0 Å². The number of nitrogens with one attached hydrogen (secondary N) is 1. The van der Waals surface area contributed by atoms with Gasteiger partial charge in [-0.2, -0.15) is 0 Å². The number of benzene rings is 3. The van der Waals surface area contributed by atoms with Crippen molar-refractivity contribution in [2.45, 2.75) is 32.4 Å². The Morgan fingerprint density at radius 3 is 2.39 bits per heavy atom. The molecule has 31 heavy (non-hydrogen) atoms. The number of methoxy groups -OCH3 is 1. The predicted molar refractivity (Wildman–Crippen MR) is 121 cm³/mol. The van der Waals surface area contributed by atoms with E-state index in [0.717, 1.165) is 11.1 Å². The Morgan fingerprint density at radius 1 is 1.03 bits per heavy atom. The van der Waals surface area contributed by atoms with Crippen molar-refractivity contribution in [2.75, 3.05) is 12.0 Å². The van der Waals surface area contributed by atoms with E-state index >= 15 is 0 Å². The van der Waals surface area contributed by atoms with Crippen molar-refractivity contribution < 1.29 is 14.3 Å². The van der Waals surface area contributed by atoms with Crippen molar-refractivity contribution in [3.8, 4) is 5.75 Å². The van der Waals surface area contributed by atoms with E-state index in [1.165, 1.54) is 5.56 Å². The van der Waals surface area contributed by atoms with Crippen LogP contribution in [0.5, 0.6) is 5.75 Å². The van der Waals surface area contributed by atoms with Gasteiger partial charge in [0.25, 0.3) is 5.91 Å². The Bertz CT molecular complexity index is 1110. The third-order valence-corrected chi connectivity index (χ3v) is 5.87. The summed E-state index contributed by atoms with van der Waals surface area (Å²) < 4.78 is 5.25. The zero-order valence-corrected chi connectivity index (χ0v) is 18.0. The van der Waals surface area contributed by atoms with Gasteiger partial charge in [0.2, 0.25) is 5.91 Å². The third kappa shape index (κ3) is 3.91. The summed E-state index contributed by atoms with van der Waals surface area (Å²) in [6.45, 7) is 4.26. The number of aryl methyl sites for hydroxylation is 1. The largest absolute Gasteiger partial charge is 0.497 e. The van der Waals surface area contributed by atoms with Gasteiger partial charge in [-0.05, 0) is 55.3 Å². The summed E-state index contributed by atoms with van der Waals surface area (Å²) in [4.78, 5) is 28.6. The molecule has 0 radical (unpaired) electrons. The first-order chi connectivity index (χ1) is 14.9. The molecular weight excluding hydrogens is 388 g/mol. The Labute approximate surface area is 182 Å².